The van der Waals surface area contributed by atoms with E-state index in [0.29, 0.717) is 10.6 Å². The van der Waals surface area contributed by atoms with Crippen LogP contribution in [0.25, 0.3) is 10.1 Å². The Morgan fingerprint density at radius 1 is 1.50 bits per heavy atom. The standard InChI is InChI=1S/C15H20N2OS2/c1-9-4-5-11-12(8-9)20-14(13(11)16)15(18)17-10(2)6-7-19-3/h4-5,8,10H,6-7,16H2,1-3H3,(H,17,18). The molecule has 0 radical (unpaired) electrons. The fourth-order valence-corrected chi connectivity index (χ4v) is 3.76. The molecule has 1 amide bonds. The molecule has 0 bridgehead atoms. The van der Waals surface area contributed by atoms with Crippen LogP contribution in [0.1, 0.15) is 28.6 Å². The van der Waals surface area contributed by atoms with Crippen molar-refractivity contribution in [3.63, 3.8) is 0 Å². The Labute approximate surface area is 127 Å². The van der Waals surface area contributed by atoms with Crippen molar-refractivity contribution >= 4 is 44.8 Å². The van der Waals surface area contributed by atoms with E-state index in [0.717, 1.165) is 22.3 Å². The highest BCUT2D eigenvalue weighted by atomic mass is 32.2. The number of fused-ring (bicyclic) bond motifs is 1. The number of carbonyl (C=O) groups is 1. The van der Waals surface area contributed by atoms with E-state index in [9.17, 15) is 4.79 Å². The van der Waals surface area contributed by atoms with Crippen LogP contribution in [-0.4, -0.2) is 24.0 Å². The summed E-state index contributed by atoms with van der Waals surface area (Å²) in [5, 5.41) is 4.00. The number of thioether (sulfide) groups is 1. The highest BCUT2D eigenvalue weighted by Gasteiger charge is 2.17. The lowest BCUT2D eigenvalue weighted by Gasteiger charge is -2.12. The molecule has 0 spiro atoms. The number of anilines is 1. The van der Waals surface area contributed by atoms with E-state index < -0.39 is 0 Å². The van der Waals surface area contributed by atoms with Crippen LogP contribution in [0, 0.1) is 6.92 Å². The quantitative estimate of drug-likeness (QED) is 0.886. The third-order valence-corrected chi connectivity index (χ3v) is 5.03. The Kier molecular flexibility index (Phi) is 4.94. The molecule has 3 N–H and O–H groups in total. The number of nitrogens with two attached hydrogens (primary N) is 1. The van der Waals surface area contributed by atoms with Crippen LogP contribution < -0.4 is 11.1 Å². The monoisotopic (exact) mass is 308 g/mol. The normalized spacial score (nSPS) is 12.6. The van der Waals surface area contributed by atoms with Crippen molar-refractivity contribution in [3.05, 3.63) is 28.6 Å². The second-order valence-electron chi connectivity index (χ2n) is 5.00. The van der Waals surface area contributed by atoms with Crippen LogP contribution in [0.2, 0.25) is 0 Å². The molecule has 1 aromatic heterocycles. The summed E-state index contributed by atoms with van der Waals surface area (Å²) in [6.45, 7) is 4.07. The summed E-state index contributed by atoms with van der Waals surface area (Å²) in [5.74, 6) is 0.984. The van der Waals surface area contributed by atoms with Gasteiger partial charge >= 0.3 is 0 Å². The van der Waals surface area contributed by atoms with Crippen LogP contribution in [0.3, 0.4) is 0 Å². The van der Waals surface area contributed by atoms with Crippen molar-refractivity contribution in [3.8, 4) is 0 Å². The molecule has 0 aliphatic heterocycles. The number of hydrogen-bond donors (Lipinski definition) is 2. The Morgan fingerprint density at radius 3 is 2.95 bits per heavy atom. The third-order valence-electron chi connectivity index (χ3n) is 3.22. The lowest BCUT2D eigenvalue weighted by Crippen LogP contribution is -2.32. The van der Waals surface area contributed by atoms with Crippen molar-refractivity contribution < 1.29 is 4.79 Å². The van der Waals surface area contributed by atoms with Gasteiger partial charge in [-0.25, -0.2) is 0 Å². The number of aryl methyl sites for hydroxylation is 1. The van der Waals surface area contributed by atoms with Gasteiger partial charge in [-0.15, -0.1) is 11.3 Å². The summed E-state index contributed by atoms with van der Waals surface area (Å²) in [6.07, 6.45) is 3.04. The van der Waals surface area contributed by atoms with Gasteiger partial charge in [-0.2, -0.15) is 11.8 Å². The highest BCUT2D eigenvalue weighted by molar-refractivity contribution is 7.98. The Morgan fingerprint density at radius 2 is 2.25 bits per heavy atom. The minimum atomic E-state index is -0.0602. The van der Waals surface area contributed by atoms with Gasteiger partial charge in [0, 0.05) is 16.1 Å². The molecular weight excluding hydrogens is 288 g/mol. The highest BCUT2D eigenvalue weighted by Crippen LogP contribution is 2.34. The molecular formula is C15H20N2OS2. The first-order valence-corrected chi connectivity index (χ1v) is 8.82. The maximum absolute atomic E-state index is 12.3. The largest absolute Gasteiger partial charge is 0.397 e. The number of nitrogens with one attached hydrogen (secondary N) is 1. The maximum atomic E-state index is 12.3. The molecule has 0 saturated heterocycles. The summed E-state index contributed by atoms with van der Waals surface area (Å²) < 4.78 is 1.07. The Hall–Kier alpha value is -1.20. The molecule has 1 heterocycles. The summed E-state index contributed by atoms with van der Waals surface area (Å²) in [7, 11) is 0. The molecule has 1 unspecified atom stereocenters. The molecule has 2 rings (SSSR count). The fraction of sp³-hybridized carbons (Fsp3) is 0.400. The van der Waals surface area contributed by atoms with Gasteiger partial charge in [-0.3, -0.25) is 4.79 Å². The first kappa shape index (κ1) is 15.2. The third kappa shape index (κ3) is 3.27. The smallest absolute Gasteiger partial charge is 0.263 e. The predicted molar refractivity (Wildman–Crippen MR) is 90.9 cm³/mol. The van der Waals surface area contributed by atoms with E-state index >= 15 is 0 Å². The average molecular weight is 308 g/mol. The van der Waals surface area contributed by atoms with E-state index in [4.69, 9.17) is 5.73 Å². The van der Waals surface area contributed by atoms with Crippen molar-refractivity contribution in [1.82, 2.24) is 5.32 Å². The zero-order chi connectivity index (χ0) is 14.7. The van der Waals surface area contributed by atoms with E-state index in [-0.39, 0.29) is 11.9 Å². The lowest BCUT2D eigenvalue weighted by molar-refractivity contribution is 0.0944. The van der Waals surface area contributed by atoms with Gasteiger partial charge in [0.15, 0.2) is 0 Å². The number of nitrogen functional groups attached to an aromatic ring is 1. The van der Waals surface area contributed by atoms with Gasteiger partial charge in [0.05, 0.1) is 5.69 Å². The second kappa shape index (κ2) is 6.50. The van der Waals surface area contributed by atoms with E-state index in [1.807, 2.05) is 26.0 Å². The predicted octanol–water partition coefficient (Wildman–Crippen LogP) is 3.66. The molecule has 20 heavy (non-hydrogen) atoms. The maximum Gasteiger partial charge on any atom is 0.263 e. The van der Waals surface area contributed by atoms with Gasteiger partial charge < -0.3 is 11.1 Å². The zero-order valence-corrected chi connectivity index (χ0v) is 13.7. The van der Waals surface area contributed by atoms with Crippen LogP contribution in [0.4, 0.5) is 5.69 Å². The van der Waals surface area contributed by atoms with Gasteiger partial charge in [0.25, 0.3) is 5.91 Å². The van der Waals surface area contributed by atoms with Gasteiger partial charge in [0.2, 0.25) is 0 Å². The summed E-state index contributed by atoms with van der Waals surface area (Å²) in [5.41, 5.74) is 7.89. The van der Waals surface area contributed by atoms with E-state index in [1.54, 1.807) is 11.8 Å². The van der Waals surface area contributed by atoms with Crippen molar-refractivity contribution in [2.24, 2.45) is 0 Å². The number of hydrogen-bond acceptors (Lipinski definition) is 4. The van der Waals surface area contributed by atoms with Crippen LogP contribution >= 0.6 is 23.1 Å². The molecule has 0 fully saturated rings. The van der Waals surface area contributed by atoms with Crippen LogP contribution in [0.15, 0.2) is 18.2 Å². The fourth-order valence-electron chi connectivity index (χ4n) is 2.05. The summed E-state index contributed by atoms with van der Waals surface area (Å²) in [6, 6.07) is 6.25. The van der Waals surface area contributed by atoms with E-state index in [1.165, 1.54) is 16.9 Å². The molecule has 5 heteroatoms. The first-order chi connectivity index (χ1) is 9.52. The molecule has 2 aromatic rings. The number of benzene rings is 1. The van der Waals surface area contributed by atoms with Crippen molar-refractivity contribution in [1.29, 1.82) is 0 Å². The lowest BCUT2D eigenvalue weighted by atomic mass is 10.1. The second-order valence-corrected chi connectivity index (χ2v) is 7.04. The van der Waals surface area contributed by atoms with Gasteiger partial charge in [0.1, 0.15) is 4.88 Å². The SMILES string of the molecule is CSCCC(C)NC(=O)c1sc2cc(C)ccc2c1N. The summed E-state index contributed by atoms with van der Waals surface area (Å²) in [4.78, 5) is 12.9. The van der Waals surface area contributed by atoms with Crippen LogP contribution in [-0.2, 0) is 0 Å². The minimum absolute atomic E-state index is 0.0602. The van der Waals surface area contributed by atoms with E-state index in [2.05, 4.69) is 17.6 Å². The number of thiophene rings is 1. The van der Waals surface area contributed by atoms with Crippen LogP contribution in [0.5, 0.6) is 0 Å². The molecule has 1 atom stereocenters. The minimum Gasteiger partial charge on any atom is -0.397 e. The molecule has 1 aromatic carbocycles. The number of rotatable bonds is 5. The number of carbonyl (C=O) groups excluding carboxylic acids is 1. The number of amides is 1. The molecule has 0 saturated carbocycles. The van der Waals surface area contributed by atoms with Gasteiger partial charge in [-0.05, 0) is 43.9 Å². The Balaban J connectivity index is 2.20. The average Bonchev–Trinajstić information content (AvgIpc) is 2.73. The molecule has 108 valence electrons. The first-order valence-electron chi connectivity index (χ1n) is 6.61. The molecule has 3 nitrogen and oxygen atoms in total. The van der Waals surface area contributed by atoms with Gasteiger partial charge in [-0.1, -0.05) is 12.1 Å². The molecule has 0 aliphatic rings. The molecule has 0 aliphatic carbocycles. The topological polar surface area (TPSA) is 55.1 Å². The zero-order valence-electron chi connectivity index (χ0n) is 12.0. The summed E-state index contributed by atoms with van der Waals surface area (Å²) >= 11 is 3.26. The van der Waals surface area contributed by atoms with Crippen molar-refractivity contribution in [2.45, 2.75) is 26.3 Å². The Bertz CT molecular complexity index is 622. The van der Waals surface area contributed by atoms with Crippen molar-refractivity contribution in [2.75, 3.05) is 17.7 Å².